The SMILES string of the molecule is CCCCOC(C)C(=O)NCCC(C)N. The first-order chi connectivity index (χ1) is 7.07. The lowest BCUT2D eigenvalue weighted by Crippen LogP contribution is -2.36. The van der Waals surface area contributed by atoms with Crippen molar-refractivity contribution in [1.29, 1.82) is 0 Å². The van der Waals surface area contributed by atoms with E-state index >= 15 is 0 Å². The summed E-state index contributed by atoms with van der Waals surface area (Å²) in [6.45, 7) is 7.07. The standard InChI is InChI=1S/C11H24N2O2/c1-4-5-8-15-10(3)11(14)13-7-6-9(2)12/h9-10H,4-8,12H2,1-3H3,(H,13,14). The Labute approximate surface area is 92.6 Å². The van der Waals surface area contributed by atoms with Gasteiger partial charge in [-0.15, -0.1) is 0 Å². The molecular weight excluding hydrogens is 192 g/mol. The lowest BCUT2D eigenvalue weighted by molar-refractivity contribution is -0.131. The van der Waals surface area contributed by atoms with Crippen molar-refractivity contribution in [3.05, 3.63) is 0 Å². The van der Waals surface area contributed by atoms with E-state index in [9.17, 15) is 4.79 Å². The summed E-state index contributed by atoms with van der Waals surface area (Å²) in [7, 11) is 0. The number of carbonyl (C=O) groups excluding carboxylic acids is 1. The molecule has 3 N–H and O–H groups in total. The van der Waals surface area contributed by atoms with Crippen molar-refractivity contribution in [2.24, 2.45) is 5.73 Å². The van der Waals surface area contributed by atoms with Crippen LogP contribution in [0.15, 0.2) is 0 Å². The van der Waals surface area contributed by atoms with Crippen LogP contribution in [0.2, 0.25) is 0 Å². The third-order valence-corrected chi connectivity index (χ3v) is 2.13. The predicted molar refractivity (Wildman–Crippen MR) is 61.6 cm³/mol. The summed E-state index contributed by atoms with van der Waals surface area (Å²) in [6, 6.07) is 0.126. The maximum atomic E-state index is 11.4. The number of unbranched alkanes of at least 4 members (excludes halogenated alkanes) is 1. The summed E-state index contributed by atoms with van der Waals surface area (Å²) >= 11 is 0. The minimum atomic E-state index is -0.357. The van der Waals surface area contributed by atoms with Crippen molar-refractivity contribution in [2.45, 2.75) is 52.2 Å². The minimum absolute atomic E-state index is 0.0493. The normalized spacial score (nSPS) is 14.7. The van der Waals surface area contributed by atoms with Gasteiger partial charge in [-0.2, -0.15) is 0 Å². The molecule has 0 spiro atoms. The van der Waals surface area contributed by atoms with Crippen molar-refractivity contribution in [3.8, 4) is 0 Å². The molecule has 0 radical (unpaired) electrons. The summed E-state index contributed by atoms with van der Waals surface area (Å²) < 4.78 is 5.36. The van der Waals surface area contributed by atoms with Gasteiger partial charge >= 0.3 is 0 Å². The molecule has 0 aliphatic heterocycles. The molecule has 4 nitrogen and oxygen atoms in total. The maximum Gasteiger partial charge on any atom is 0.248 e. The van der Waals surface area contributed by atoms with E-state index in [4.69, 9.17) is 10.5 Å². The quantitative estimate of drug-likeness (QED) is 0.596. The number of rotatable bonds is 8. The van der Waals surface area contributed by atoms with Crippen LogP contribution in [0.3, 0.4) is 0 Å². The number of hydrogen-bond acceptors (Lipinski definition) is 3. The number of hydrogen-bond donors (Lipinski definition) is 2. The molecule has 0 aromatic rings. The fourth-order valence-electron chi connectivity index (χ4n) is 1.05. The summed E-state index contributed by atoms with van der Waals surface area (Å²) in [5.41, 5.74) is 5.57. The lowest BCUT2D eigenvalue weighted by atomic mass is 10.2. The summed E-state index contributed by atoms with van der Waals surface area (Å²) in [4.78, 5) is 11.4. The zero-order valence-corrected chi connectivity index (χ0v) is 10.1. The van der Waals surface area contributed by atoms with Gasteiger partial charge in [0, 0.05) is 19.2 Å². The number of amides is 1. The van der Waals surface area contributed by atoms with Crippen molar-refractivity contribution in [1.82, 2.24) is 5.32 Å². The second kappa shape index (κ2) is 8.68. The van der Waals surface area contributed by atoms with E-state index in [-0.39, 0.29) is 18.1 Å². The fraction of sp³-hybridized carbons (Fsp3) is 0.909. The molecule has 0 aliphatic carbocycles. The highest BCUT2D eigenvalue weighted by atomic mass is 16.5. The molecule has 0 saturated heterocycles. The van der Waals surface area contributed by atoms with Crippen LogP contribution in [0, 0.1) is 0 Å². The van der Waals surface area contributed by atoms with Crippen molar-refractivity contribution >= 4 is 5.91 Å². The highest BCUT2D eigenvalue weighted by Crippen LogP contribution is 1.95. The maximum absolute atomic E-state index is 11.4. The Morgan fingerprint density at radius 1 is 1.47 bits per heavy atom. The van der Waals surface area contributed by atoms with E-state index in [2.05, 4.69) is 12.2 Å². The van der Waals surface area contributed by atoms with Crippen molar-refractivity contribution < 1.29 is 9.53 Å². The van der Waals surface area contributed by atoms with E-state index < -0.39 is 0 Å². The molecule has 0 fully saturated rings. The molecule has 0 aliphatic rings. The lowest BCUT2D eigenvalue weighted by Gasteiger charge is -2.13. The molecule has 0 aromatic carbocycles. The highest BCUT2D eigenvalue weighted by Gasteiger charge is 2.11. The van der Waals surface area contributed by atoms with Crippen LogP contribution in [-0.4, -0.2) is 31.2 Å². The van der Waals surface area contributed by atoms with Crippen LogP contribution in [0.4, 0.5) is 0 Å². The van der Waals surface area contributed by atoms with Gasteiger partial charge < -0.3 is 15.8 Å². The second-order valence-electron chi connectivity index (χ2n) is 3.92. The van der Waals surface area contributed by atoms with Crippen molar-refractivity contribution in [2.75, 3.05) is 13.2 Å². The van der Waals surface area contributed by atoms with Crippen LogP contribution >= 0.6 is 0 Å². The molecule has 2 atom stereocenters. The van der Waals surface area contributed by atoms with Crippen LogP contribution in [0.1, 0.15) is 40.0 Å². The van der Waals surface area contributed by atoms with Gasteiger partial charge in [-0.1, -0.05) is 13.3 Å². The Morgan fingerprint density at radius 2 is 2.13 bits per heavy atom. The number of carbonyl (C=O) groups is 1. The Morgan fingerprint density at radius 3 is 2.67 bits per heavy atom. The number of nitrogens with one attached hydrogen (secondary N) is 1. The van der Waals surface area contributed by atoms with Gasteiger partial charge in [0.2, 0.25) is 5.91 Å². The first-order valence-electron chi connectivity index (χ1n) is 5.72. The smallest absolute Gasteiger partial charge is 0.248 e. The first-order valence-corrected chi connectivity index (χ1v) is 5.72. The van der Waals surface area contributed by atoms with Crippen LogP contribution in [-0.2, 0) is 9.53 Å². The molecule has 0 aromatic heterocycles. The molecule has 0 saturated carbocycles. The summed E-state index contributed by atoms with van der Waals surface area (Å²) in [5, 5.41) is 2.80. The topological polar surface area (TPSA) is 64.3 Å². The molecule has 90 valence electrons. The molecule has 0 rings (SSSR count). The monoisotopic (exact) mass is 216 g/mol. The van der Waals surface area contributed by atoms with E-state index in [0.717, 1.165) is 19.3 Å². The molecule has 2 unspecified atom stereocenters. The fourth-order valence-corrected chi connectivity index (χ4v) is 1.05. The number of nitrogens with two attached hydrogens (primary N) is 1. The van der Waals surface area contributed by atoms with Gasteiger partial charge in [0.05, 0.1) is 0 Å². The van der Waals surface area contributed by atoms with E-state index in [1.807, 2.05) is 6.92 Å². The van der Waals surface area contributed by atoms with E-state index in [1.54, 1.807) is 6.92 Å². The van der Waals surface area contributed by atoms with Gasteiger partial charge in [0.15, 0.2) is 0 Å². The Bertz CT molecular complexity index is 172. The third-order valence-electron chi connectivity index (χ3n) is 2.13. The summed E-state index contributed by atoms with van der Waals surface area (Å²) in [5.74, 6) is -0.0493. The molecule has 15 heavy (non-hydrogen) atoms. The van der Waals surface area contributed by atoms with Gasteiger partial charge in [-0.25, -0.2) is 0 Å². The van der Waals surface area contributed by atoms with Gasteiger partial charge in [0.1, 0.15) is 6.10 Å². The van der Waals surface area contributed by atoms with Crippen LogP contribution in [0.5, 0.6) is 0 Å². The zero-order valence-electron chi connectivity index (χ0n) is 10.1. The molecule has 4 heteroatoms. The largest absolute Gasteiger partial charge is 0.369 e. The molecule has 0 bridgehead atoms. The van der Waals surface area contributed by atoms with Crippen LogP contribution in [0.25, 0.3) is 0 Å². The van der Waals surface area contributed by atoms with Crippen molar-refractivity contribution in [3.63, 3.8) is 0 Å². The minimum Gasteiger partial charge on any atom is -0.369 e. The Balaban J connectivity index is 3.51. The van der Waals surface area contributed by atoms with E-state index in [0.29, 0.717) is 13.2 Å². The predicted octanol–water partition coefficient (Wildman–Crippen LogP) is 1.05. The highest BCUT2D eigenvalue weighted by molar-refractivity contribution is 5.80. The van der Waals surface area contributed by atoms with E-state index in [1.165, 1.54) is 0 Å². The van der Waals surface area contributed by atoms with Gasteiger partial charge in [-0.05, 0) is 26.7 Å². The van der Waals surface area contributed by atoms with Gasteiger partial charge in [-0.3, -0.25) is 4.79 Å². The van der Waals surface area contributed by atoms with Gasteiger partial charge in [0.25, 0.3) is 0 Å². The first kappa shape index (κ1) is 14.4. The molecule has 1 amide bonds. The molecule has 0 heterocycles. The second-order valence-corrected chi connectivity index (χ2v) is 3.92. The van der Waals surface area contributed by atoms with Crippen LogP contribution < -0.4 is 11.1 Å². The Kier molecular flexibility index (Phi) is 8.33. The average molecular weight is 216 g/mol. The zero-order chi connectivity index (χ0) is 11.7. The third kappa shape index (κ3) is 8.39. The number of ether oxygens (including phenoxy) is 1. The summed E-state index contributed by atoms with van der Waals surface area (Å²) in [6.07, 6.45) is 2.52. The average Bonchev–Trinajstić information content (AvgIpc) is 2.17. The Hall–Kier alpha value is -0.610. The molecular formula is C11H24N2O2.